The lowest BCUT2D eigenvalue weighted by Gasteiger charge is -2.03. The lowest BCUT2D eigenvalue weighted by Crippen LogP contribution is -2.10. The summed E-state index contributed by atoms with van der Waals surface area (Å²) in [6.07, 6.45) is 0. The third-order valence-corrected chi connectivity index (χ3v) is 4.44. The molecule has 0 unspecified atom stereocenters. The molecule has 5 nitrogen and oxygen atoms in total. The van der Waals surface area contributed by atoms with Gasteiger partial charge < -0.3 is 0 Å². The summed E-state index contributed by atoms with van der Waals surface area (Å²) in [6, 6.07) is 3.77. The van der Waals surface area contributed by atoms with Gasteiger partial charge in [-0.2, -0.15) is 0 Å². The zero-order valence-electron chi connectivity index (χ0n) is 7.89. The van der Waals surface area contributed by atoms with Crippen molar-refractivity contribution in [2.75, 3.05) is 11.6 Å². The SMILES string of the molecule is O=[N+]([O-])c1ccc(Br)cc1S(=O)(=O)CCCl. The number of rotatable bonds is 4. The molecule has 0 aliphatic heterocycles. The first-order valence-corrected chi connectivity index (χ1v) is 7.09. The Kier molecular flexibility index (Phi) is 4.28. The van der Waals surface area contributed by atoms with Gasteiger partial charge in [-0.25, -0.2) is 8.42 Å². The largest absolute Gasteiger partial charge is 0.288 e. The quantitative estimate of drug-likeness (QED) is 0.483. The molecule has 8 heteroatoms. The highest BCUT2D eigenvalue weighted by Crippen LogP contribution is 2.28. The third kappa shape index (κ3) is 2.93. The van der Waals surface area contributed by atoms with E-state index in [2.05, 4.69) is 15.9 Å². The van der Waals surface area contributed by atoms with Gasteiger partial charge in [0.15, 0.2) is 9.84 Å². The molecule has 0 amide bonds. The Bertz CT molecular complexity index is 517. The van der Waals surface area contributed by atoms with Crippen molar-refractivity contribution >= 4 is 43.1 Å². The summed E-state index contributed by atoms with van der Waals surface area (Å²) < 4.78 is 23.9. The van der Waals surface area contributed by atoms with E-state index in [4.69, 9.17) is 11.6 Å². The van der Waals surface area contributed by atoms with Gasteiger partial charge in [-0.3, -0.25) is 10.1 Å². The summed E-state index contributed by atoms with van der Waals surface area (Å²) in [5, 5.41) is 10.7. The number of hydrogen-bond acceptors (Lipinski definition) is 4. The van der Waals surface area contributed by atoms with Crippen molar-refractivity contribution in [3.63, 3.8) is 0 Å². The van der Waals surface area contributed by atoms with Gasteiger partial charge in [-0.1, -0.05) is 15.9 Å². The highest BCUT2D eigenvalue weighted by molar-refractivity contribution is 9.10. The minimum absolute atomic E-state index is 0.105. The van der Waals surface area contributed by atoms with Crippen molar-refractivity contribution in [3.05, 3.63) is 32.8 Å². The standard InChI is InChI=1S/C8H7BrClNO4S/c9-6-1-2-7(11(12)13)8(5-6)16(14,15)4-3-10/h1-2,5H,3-4H2. The minimum atomic E-state index is -3.71. The maximum atomic E-state index is 11.7. The molecule has 0 heterocycles. The van der Waals surface area contributed by atoms with Gasteiger partial charge in [0.2, 0.25) is 0 Å². The molecule has 0 atom stereocenters. The van der Waals surface area contributed by atoms with Gasteiger partial charge in [-0.05, 0) is 12.1 Å². The lowest BCUT2D eigenvalue weighted by molar-refractivity contribution is -0.387. The maximum absolute atomic E-state index is 11.7. The van der Waals surface area contributed by atoms with Crippen LogP contribution in [0.15, 0.2) is 27.6 Å². The molecule has 0 aromatic heterocycles. The monoisotopic (exact) mass is 327 g/mol. The van der Waals surface area contributed by atoms with Gasteiger partial charge in [0.1, 0.15) is 4.90 Å². The van der Waals surface area contributed by atoms with Crippen molar-refractivity contribution in [2.45, 2.75) is 4.90 Å². The first kappa shape index (κ1) is 13.4. The molecule has 0 aliphatic carbocycles. The molecule has 1 aromatic rings. The van der Waals surface area contributed by atoms with Crippen molar-refractivity contribution in [3.8, 4) is 0 Å². The molecular weight excluding hydrogens is 322 g/mol. The fraction of sp³-hybridized carbons (Fsp3) is 0.250. The number of halogens is 2. The van der Waals surface area contributed by atoms with Gasteiger partial charge in [0.05, 0.1) is 10.7 Å². The predicted molar refractivity (Wildman–Crippen MR) is 63.6 cm³/mol. The average molecular weight is 329 g/mol. The molecule has 16 heavy (non-hydrogen) atoms. The summed E-state index contributed by atoms with van der Waals surface area (Å²) in [5.41, 5.74) is -0.437. The van der Waals surface area contributed by atoms with Crippen LogP contribution in [0, 0.1) is 10.1 Å². The first-order chi connectivity index (χ1) is 7.38. The van der Waals surface area contributed by atoms with E-state index < -0.39 is 20.4 Å². The maximum Gasteiger partial charge on any atom is 0.288 e. The van der Waals surface area contributed by atoms with Crippen molar-refractivity contribution < 1.29 is 13.3 Å². The number of benzene rings is 1. The van der Waals surface area contributed by atoms with Gasteiger partial charge in [-0.15, -0.1) is 11.6 Å². The van der Waals surface area contributed by atoms with Crippen LogP contribution in [-0.2, 0) is 9.84 Å². The second-order valence-electron chi connectivity index (χ2n) is 2.88. The van der Waals surface area contributed by atoms with Gasteiger partial charge >= 0.3 is 0 Å². The topological polar surface area (TPSA) is 77.3 Å². The molecule has 0 spiro atoms. The molecular formula is C8H7BrClNO4S. The number of sulfone groups is 1. The molecule has 0 saturated carbocycles. The first-order valence-electron chi connectivity index (χ1n) is 4.11. The van der Waals surface area contributed by atoms with Crippen molar-refractivity contribution in [1.29, 1.82) is 0 Å². The number of nitro benzene ring substituents is 1. The summed E-state index contributed by atoms with van der Waals surface area (Å²) in [4.78, 5) is 9.64. The summed E-state index contributed by atoms with van der Waals surface area (Å²) in [6.45, 7) is 0. The van der Waals surface area contributed by atoms with Crippen LogP contribution >= 0.6 is 27.5 Å². The van der Waals surface area contributed by atoms with Crippen LogP contribution in [0.25, 0.3) is 0 Å². The zero-order valence-corrected chi connectivity index (χ0v) is 11.0. The second-order valence-corrected chi connectivity index (χ2v) is 6.25. The number of hydrogen-bond donors (Lipinski definition) is 0. The van der Waals surface area contributed by atoms with Crippen LogP contribution in [0.2, 0.25) is 0 Å². The molecule has 1 aromatic carbocycles. The van der Waals surface area contributed by atoms with Crippen LogP contribution < -0.4 is 0 Å². The van der Waals surface area contributed by atoms with E-state index in [0.717, 1.165) is 6.07 Å². The Morgan fingerprint density at radius 2 is 2.06 bits per heavy atom. The van der Waals surface area contributed by atoms with Crippen LogP contribution in [0.4, 0.5) is 5.69 Å². The number of nitro groups is 1. The van der Waals surface area contributed by atoms with E-state index in [9.17, 15) is 18.5 Å². The van der Waals surface area contributed by atoms with Gasteiger partial charge in [0.25, 0.3) is 5.69 Å². The van der Waals surface area contributed by atoms with E-state index in [1.165, 1.54) is 12.1 Å². The average Bonchev–Trinajstić information content (AvgIpc) is 2.17. The highest BCUT2D eigenvalue weighted by atomic mass is 79.9. The molecule has 0 saturated heterocycles. The molecule has 0 aliphatic rings. The predicted octanol–water partition coefficient (Wildman–Crippen LogP) is 2.37. The molecule has 0 N–H and O–H groups in total. The smallest absolute Gasteiger partial charge is 0.258 e. The van der Waals surface area contributed by atoms with Crippen LogP contribution in [0.1, 0.15) is 0 Å². The fourth-order valence-corrected chi connectivity index (χ4v) is 3.41. The summed E-state index contributed by atoms with van der Waals surface area (Å²) in [7, 11) is -3.71. The van der Waals surface area contributed by atoms with Crippen LogP contribution in [0.3, 0.4) is 0 Å². The highest BCUT2D eigenvalue weighted by Gasteiger charge is 2.25. The Balaban J connectivity index is 3.42. The fourth-order valence-electron chi connectivity index (χ4n) is 1.10. The Labute approximate surface area is 106 Å². The molecule has 88 valence electrons. The molecule has 0 bridgehead atoms. The Morgan fingerprint density at radius 1 is 1.44 bits per heavy atom. The normalized spacial score (nSPS) is 11.4. The van der Waals surface area contributed by atoms with E-state index in [0.29, 0.717) is 4.47 Å². The van der Waals surface area contributed by atoms with E-state index in [-0.39, 0.29) is 16.5 Å². The van der Waals surface area contributed by atoms with Crippen LogP contribution in [-0.4, -0.2) is 25.0 Å². The Hall–Kier alpha value is -0.660. The number of nitrogens with zero attached hydrogens (tertiary/aromatic N) is 1. The molecule has 1 rings (SSSR count). The Morgan fingerprint density at radius 3 is 2.56 bits per heavy atom. The van der Waals surface area contributed by atoms with Crippen LogP contribution in [0.5, 0.6) is 0 Å². The molecule has 0 fully saturated rings. The summed E-state index contributed by atoms with van der Waals surface area (Å²) in [5.74, 6) is -0.433. The van der Waals surface area contributed by atoms with E-state index in [1.54, 1.807) is 0 Å². The van der Waals surface area contributed by atoms with E-state index in [1.807, 2.05) is 0 Å². The van der Waals surface area contributed by atoms with Gasteiger partial charge in [0, 0.05) is 16.4 Å². The van der Waals surface area contributed by atoms with Crippen molar-refractivity contribution in [2.24, 2.45) is 0 Å². The number of alkyl halides is 1. The van der Waals surface area contributed by atoms with Crippen molar-refractivity contribution in [1.82, 2.24) is 0 Å². The summed E-state index contributed by atoms with van der Waals surface area (Å²) >= 11 is 8.42. The second kappa shape index (κ2) is 5.11. The molecule has 0 radical (unpaired) electrons. The minimum Gasteiger partial charge on any atom is -0.258 e. The van der Waals surface area contributed by atoms with E-state index >= 15 is 0 Å². The lowest BCUT2D eigenvalue weighted by atomic mass is 10.3. The third-order valence-electron chi connectivity index (χ3n) is 1.80. The zero-order chi connectivity index (χ0) is 12.3.